The first-order chi connectivity index (χ1) is 11.8. The molecular weight excluding hydrogens is 353 g/mol. The number of benzene rings is 2. The molecule has 6 heteroatoms. The summed E-state index contributed by atoms with van der Waals surface area (Å²) < 4.78 is 18.9. The van der Waals surface area contributed by atoms with Gasteiger partial charge in [-0.15, -0.1) is 11.3 Å². The number of thiazole rings is 1. The minimum absolute atomic E-state index is 0.0105. The summed E-state index contributed by atoms with van der Waals surface area (Å²) in [6.07, 6.45) is 0.685. The van der Waals surface area contributed by atoms with E-state index in [0.717, 1.165) is 26.4 Å². The molecule has 1 heterocycles. The van der Waals surface area contributed by atoms with Crippen molar-refractivity contribution in [2.24, 2.45) is 0 Å². The zero-order valence-electron chi connectivity index (χ0n) is 14.6. The highest BCUT2D eigenvalue weighted by molar-refractivity contribution is 7.52. The fourth-order valence-corrected chi connectivity index (χ4v) is 5.07. The zero-order chi connectivity index (χ0) is 18.1. The highest BCUT2D eigenvalue weighted by atomic mass is 32.1. The molecule has 0 spiro atoms. The molecule has 0 aliphatic heterocycles. The first-order valence-electron chi connectivity index (χ1n) is 8.25. The minimum Gasteiger partial charge on any atom is -0.324 e. The second-order valence-corrected chi connectivity index (χ2v) is 9.49. The zero-order valence-corrected chi connectivity index (χ0v) is 16.3. The second-order valence-electron chi connectivity index (χ2n) is 6.68. The van der Waals surface area contributed by atoms with Crippen LogP contribution in [-0.4, -0.2) is 15.5 Å². The van der Waals surface area contributed by atoms with Gasteiger partial charge in [0.25, 0.3) is 0 Å². The van der Waals surface area contributed by atoms with Crippen LogP contribution in [0, 0.1) is 0 Å². The number of rotatable bonds is 6. The molecule has 0 amide bonds. The molecule has 1 aromatic heterocycles. The molecule has 3 rings (SSSR count). The quantitative estimate of drug-likeness (QED) is 0.549. The first-order valence-corrected chi connectivity index (χ1v) is 10.8. The lowest BCUT2D eigenvalue weighted by molar-refractivity contribution is 0.0880. The Morgan fingerprint density at radius 1 is 1.16 bits per heavy atom. The molecule has 25 heavy (non-hydrogen) atoms. The van der Waals surface area contributed by atoms with Crippen molar-refractivity contribution in [3.05, 3.63) is 54.1 Å². The number of nitrogens with zero attached hydrogens (tertiary/aromatic N) is 1. The number of hydrogen-bond acceptors (Lipinski definition) is 4. The smallest absolute Gasteiger partial charge is 0.324 e. The lowest BCUT2D eigenvalue weighted by Gasteiger charge is -2.26. The predicted molar refractivity (Wildman–Crippen MR) is 104 cm³/mol. The van der Waals surface area contributed by atoms with E-state index in [1.165, 1.54) is 0 Å². The Morgan fingerprint density at radius 2 is 1.84 bits per heavy atom. The topological polar surface area (TPSA) is 59.4 Å². The van der Waals surface area contributed by atoms with Gasteiger partial charge in [0.15, 0.2) is 0 Å². The van der Waals surface area contributed by atoms with E-state index in [9.17, 15) is 9.46 Å². The van der Waals surface area contributed by atoms with Crippen molar-refractivity contribution in [1.29, 1.82) is 0 Å². The maximum atomic E-state index is 12.4. The van der Waals surface area contributed by atoms with Gasteiger partial charge in [-0.05, 0) is 38.0 Å². The maximum absolute atomic E-state index is 12.4. The Hall–Kier alpha value is -1.52. The maximum Gasteiger partial charge on any atom is 0.332 e. The Morgan fingerprint density at radius 3 is 2.48 bits per heavy atom. The molecule has 4 nitrogen and oxygen atoms in total. The van der Waals surface area contributed by atoms with Crippen LogP contribution < -0.4 is 0 Å². The number of fused-ring (bicyclic) bond motifs is 1. The van der Waals surface area contributed by atoms with Crippen LogP contribution in [0.5, 0.6) is 0 Å². The third-order valence-corrected chi connectivity index (χ3v) is 6.75. The van der Waals surface area contributed by atoms with E-state index < -0.39 is 13.2 Å². The molecule has 0 aliphatic carbocycles. The average molecular weight is 375 g/mol. The molecule has 1 atom stereocenters. The van der Waals surface area contributed by atoms with Crippen LogP contribution in [0.3, 0.4) is 0 Å². The lowest BCUT2D eigenvalue weighted by atomic mass is 10.1. The summed E-state index contributed by atoms with van der Waals surface area (Å²) >= 11 is 1.64. The van der Waals surface area contributed by atoms with E-state index in [-0.39, 0.29) is 6.16 Å². The molecule has 1 unspecified atom stereocenters. The minimum atomic E-state index is -3.68. The van der Waals surface area contributed by atoms with Crippen LogP contribution in [0.4, 0.5) is 0 Å². The summed E-state index contributed by atoms with van der Waals surface area (Å²) in [5, 5.41) is 0.947. The van der Waals surface area contributed by atoms with Crippen LogP contribution in [0.1, 0.15) is 32.8 Å². The van der Waals surface area contributed by atoms with Gasteiger partial charge < -0.3 is 9.42 Å². The third kappa shape index (κ3) is 4.56. The van der Waals surface area contributed by atoms with Gasteiger partial charge >= 0.3 is 7.60 Å². The Balaban J connectivity index is 1.77. The van der Waals surface area contributed by atoms with Crippen molar-refractivity contribution < 1.29 is 14.0 Å². The number of aromatic nitrogens is 1. The van der Waals surface area contributed by atoms with Crippen LogP contribution in [0.15, 0.2) is 48.5 Å². The van der Waals surface area contributed by atoms with Crippen molar-refractivity contribution in [3.63, 3.8) is 0 Å². The summed E-state index contributed by atoms with van der Waals surface area (Å²) in [5.74, 6) is 0. The number of para-hydroxylation sites is 1. The normalized spacial score (nSPS) is 14.6. The molecule has 0 bridgehead atoms. The molecule has 2 aromatic carbocycles. The van der Waals surface area contributed by atoms with E-state index in [1.54, 1.807) is 11.3 Å². The van der Waals surface area contributed by atoms with Crippen LogP contribution in [0.2, 0.25) is 0 Å². The molecule has 3 aromatic rings. The van der Waals surface area contributed by atoms with E-state index in [0.29, 0.717) is 6.42 Å². The molecule has 1 N–H and O–H groups in total. The van der Waals surface area contributed by atoms with Gasteiger partial charge in [0.2, 0.25) is 0 Å². The SMILES string of the molecule is CCC(C)(C)OP(=O)(O)Cc1ccc(-c2nc3ccccc3s2)cc1. The Labute approximate surface area is 152 Å². The van der Waals surface area contributed by atoms with Gasteiger partial charge in [0, 0.05) is 5.56 Å². The van der Waals surface area contributed by atoms with E-state index in [1.807, 2.05) is 63.2 Å². The van der Waals surface area contributed by atoms with Gasteiger partial charge in [-0.1, -0.05) is 43.3 Å². The first kappa shape index (κ1) is 18.3. The molecule has 0 aliphatic rings. The van der Waals surface area contributed by atoms with Gasteiger partial charge in [0.05, 0.1) is 22.0 Å². The largest absolute Gasteiger partial charge is 0.332 e. The Kier molecular flexibility index (Phi) is 5.12. The van der Waals surface area contributed by atoms with Gasteiger partial charge in [-0.2, -0.15) is 0 Å². The van der Waals surface area contributed by atoms with Gasteiger partial charge in [0.1, 0.15) is 5.01 Å². The molecule has 132 valence electrons. The average Bonchev–Trinajstić information content (AvgIpc) is 2.98. The summed E-state index contributed by atoms with van der Waals surface area (Å²) in [4.78, 5) is 14.8. The predicted octanol–water partition coefficient (Wildman–Crippen LogP) is 5.85. The highest BCUT2D eigenvalue weighted by Gasteiger charge is 2.29. The van der Waals surface area contributed by atoms with Crippen molar-refractivity contribution in [2.45, 2.75) is 39.0 Å². The fraction of sp³-hybridized carbons (Fsp3) is 0.316. The summed E-state index contributed by atoms with van der Waals surface area (Å²) in [6.45, 7) is 5.59. The van der Waals surface area contributed by atoms with Crippen molar-refractivity contribution in [2.75, 3.05) is 0 Å². The Bertz CT molecular complexity index is 885. The van der Waals surface area contributed by atoms with E-state index in [2.05, 4.69) is 11.1 Å². The third-order valence-electron chi connectivity index (χ3n) is 4.12. The van der Waals surface area contributed by atoms with Crippen molar-refractivity contribution in [1.82, 2.24) is 4.98 Å². The monoisotopic (exact) mass is 375 g/mol. The van der Waals surface area contributed by atoms with Crippen LogP contribution in [-0.2, 0) is 15.3 Å². The number of hydrogen-bond donors (Lipinski definition) is 1. The molecule has 0 saturated heterocycles. The van der Waals surface area contributed by atoms with E-state index >= 15 is 0 Å². The summed E-state index contributed by atoms with van der Waals surface area (Å²) in [6, 6.07) is 15.7. The fourth-order valence-electron chi connectivity index (χ4n) is 2.46. The summed E-state index contributed by atoms with van der Waals surface area (Å²) in [7, 11) is -3.68. The van der Waals surface area contributed by atoms with Crippen molar-refractivity contribution >= 4 is 29.1 Å². The molecule has 0 radical (unpaired) electrons. The van der Waals surface area contributed by atoms with Crippen molar-refractivity contribution in [3.8, 4) is 10.6 Å². The molecule has 0 fully saturated rings. The second kappa shape index (κ2) is 7.00. The molecule has 0 saturated carbocycles. The van der Waals surface area contributed by atoms with Crippen LogP contribution >= 0.6 is 18.9 Å². The standard InChI is InChI=1S/C19H22NO3PS/c1-4-19(2,3)23-24(21,22)13-14-9-11-15(12-10-14)18-20-16-7-5-6-8-17(16)25-18/h5-12H,4,13H2,1-3H3,(H,21,22). The van der Waals surface area contributed by atoms with Gasteiger partial charge in [-0.25, -0.2) is 4.98 Å². The lowest BCUT2D eigenvalue weighted by Crippen LogP contribution is -2.21. The summed E-state index contributed by atoms with van der Waals surface area (Å²) in [5.41, 5.74) is 2.17. The molecular formula is C19H22NO3PS. The van der Waals surface area contributed by atoms with Crippen LogP contribution in [0.25, 0.3) is 20.8 Å². The van der Waals surface area contributed by atoms with E-state index in [4.69, 9.17) is 4.52 Å². The van der Waals surface area contributed by atoms with Gasteiger partial charge in [-0.3, -0.25) is 4.57 Å². The highest BCUT2D eigenvalue weighted by Crippen LogP contribution is 2.50.